The van der Waals surface area contributed by atoms with Crippen LogP contribution in [0.3, 0.4) is 0 Å². The molecule has 1 aromatic rings. The normalized spacial score (nSPS) is 12.5. The average Bonchev–Trinajstić information content (AvgIpc) is 2.33. The number of benzene rings is 1. The third-order valence-electron chi connectivity index (χ3n) is 2.47. The molecule has 1 amide bonds. The van der Waals surface area contributed by atoms with Crippen LogP contribution in [-0.2, 0) is 9.53 Å². The van der Waals surface area contributed by atoms with E-state index in [0.29, 0.717) is 0 Å². The van der Waals surface area contributed by atoms with Crippen LogP contribution in [0.25, 0.3) is 0 Å². The number of ether oxygens (including phenoxy) is 2. The molecule has 0 aliphatic carbocycles. The van der Waals surface area contributed by atoms with E-state index in [1.54, 1.807) is 20.8 Å². The number of carbonyl (C=O) groups excluding carboxylic acids is 1. The summed E-state index contributed by atoms with van der Waals surface area (Å²) in [6.07, 6.45) is -0.858. The summed E-state index contributed by atoms with van der Waals surface area (Å²) < 4.78 is 10.0. The Hall–Kier alpha value is -1.66. The van der Waals surface area contributed by atoms with Crippen molar-refractivity contribution in [2.75, 3.05) is 7.11 Å². The third-order valence-corrected chi connectivity index (χ3v) is 3.03. The van der Waals surface area contributed by atoms with Crippen LogP contribution in [0.4, 0.5) is 4.79 Å². The van der Waals surface area contributed by atoms with Gasteiger partial charge in [-0.25, -0.2) is 9.59 Å². The molecule has 1 rings (SSSR count). The van der Waals surface area contributed by atoms with Gasteiger partial charge in [0.05, 0.1) is 17.2 Å². The lowest BCUT2D eigenvalue weighted by Crippen LogP contribution is -2.38. The highest BCUT2D eigenvalue weighted by molar-refractivity contribution is 6.37. The maximum atomic E-state index is 11.8. The lowest BCUT2D eigenvalue weighted by molar-refractivity contribution is -0.139. The highest BCUT2D eigenvalue weighted by Gasteiger charge is 2.27. The zero-order valence-corrected chi connectivity index (χ0v) is 14.1. The fraction of sp³-hybridized carbons (Fsp3) is 0.429. The minimum Gasteiger partial charge on any atom is -0.494 e. The zero-order chi connectivity index (χ0) is 17.1. The Kier molecular flexibility index (Phi) is 5.91. The van der Waals surface area contributed by atoms with E-state index >= 15 is 0 Å². The van der Waals surface area contributed by atoms with Gasteiger partial charge in [0.25, 0.3) is 0 Å². The number of alkyl carbamates (subject to hydrolysis) is 1. The number of aliphatic carboxylic acids is 1. The molecule has 0 aliphatic rings. The van der Waals surface area contributed by atoms with Gasteiger partial charge in [0.15, 0.2) is 11.8 Å². The minimum atomic E-state index is -1.35. The predicted molar refractivity (Wildman–Crippen MR) is 82.8 cm³/mol. The van der Waals surface area contributed by atoms with Gasteiger partial charge >= 0.3 is 12.1 Å². The molecule has 0 spiro atoms. The van der Waals surface area contributed by atoms with Crippen molar-refractivity contribution >= 4 is 35.3 Å². The number of methoxy groups -OCH3 is 1. The Labute approximate surface area is 138 Å². The van der Waals surface area contributed by atoms with E-state index in [1.807, 2.05) is 0 Å². The second-order valence-corrected chi connectivity index (χ2v) is 6.25. The molecule has 122 valence electrons. The van der Waals surface area contributed by atoms with Gasteiger partial charge in [-0.05, 0) is 38.5 Å². The van der Waals surface area contributed by atoms with E-state index in [2.05, 4.69) is 5.32 Å². The van der Waals surface area contributed by atoms with Crippen LogP contribution in [0.15, 0.2) is 12.1 Å². The van der Waals surface area contributed by atoms with E-state index in [4.69, 9.17) is 32.7 Å². The van der Waals surface area contributed by atoms with Crippen LogP contribution in [0.2, 0.25) is 10.0 Å². The van der Waals surface area contributed by atoms with Gasteiger partial charge in [0.1, 0.15) is 5.60 Å². The molecule has 0 fully saturated rings. The summed E-state index contributed by atoms with van der Waals surface area (Å²) >= 11 is 12.0. The lowest BCUT2D eigenvalue weighted by atomic mass is 10.1. The first-order valence-electron chi connectivity index (χ1n) is 6.30. The van der Waals surface area contributed by atoms with Gasteiger partial charge in [0.2, 0.25) is 0 Å². The Bertz CT molecular complexity index is 560. The van der Waals surface area contributed by atoms with Gasteiger partial charge < -0.3 is 19.9 Å². The molecule has 0 bridgehead atoms. The molecule has 2 N–H and O–H groups in total. The van der Waals surface area contributed by atoms with Crippen molar-refractivity contribution in [2.24, 2.45) is 0 Å². The Morgan fingerprint density at radius 2 is 1.73 bits per heavy atom. The number of nitrogens with one attached hydrogen (secondary N) is 1. The fourth-order valence-corrected chi connectivity index (χ4v) is 2.31. The SMILES string of the molecule is COc1c(Cl)cc(C(NC(=O)OC(C)(C)C)C(=O)O)cc1Cl. The molecule has 1 aromatic carbocycles. The highest BCUT2D eigenvalue weighted by atomic mass is 35.5. The van der Waals surface area contributed by atoms with Gasteiger partial charge in [-0.3, -0.25) is 0 Å². The van der Waals surface area contributed by atoms with Gasteiger partial charge in [-0.2, -0.15) is 0 Å². The lowest BCUT2D eigenvalue weighted by Gasteiger charge is -2.22. The van der Waals surface area contributed by atoms with Crippen LogP contribution in [0.1, 0.15) is 32.4 Å². The summed E-state index contributed by atoms with van der Waals surface area (Å²) in [6, 6.07) is 1.38. The fourth-order valence-electron chi connectivity index (χ4n) is 1.65. The van der Waals surface area contributed by atoms with Gasteiger partial charge in [-0.1, -0.05) is 23.2 Å². The molecular weight excluding hydrogens is 333 g/mol. The van der Waals surface area contributed by atoms with Crippen molar-refractivity contribution in [1.82, 2.24) is 5.32 Å². The summed E-state index contributed by atoms with van der Waals surface area (Å²) in [5, 5.41) is 11.8. The topological polar surface area (TPSA) is 84.9 Å². The molecule has 0 aliphatic heterocycles. The number of carbonyl (C=O) groups is 2. The molecule has 6 nitrogen and oxygen atoms in total. The van der Waals surface area contributed by atoms with E-state index in [-0.39, 0.29) is 21.4 Å². The van der Waals surface area contributed by atoms with Crippen LogP contribution in [-0.4, -0.2) is 29.9 Å². The maximum absolute atomic E-state index is 11.8. The van der Waals surface area contributed by atoms with Crippen LogP contribution in [0.5, 0.6) is 5.75 Å². The molecule has 22 heavy (non-hydrogen) atoms. The van der Waals surface area contributed by atoms with Crippen LogP contribution < -0.4 is 10.1 Å². The van der Waals surface area contributed by atoms with Gasteiger partial charge in [-0.15, -0.1) is 0 Å². The quantitative estimate of drug-likeness (QED) is 0.866. The van der Waals surface area contributed by atoms with E-state index in [9.17, 15) is 14.7 Å². The van der Waals surface area contributed by atoms with Crippen LogP contribution >= 0.6 is 23.2 Å². The van der Waals surface area contributed by atoms with Crippen molar-refractivity contribution < 1.29 is 24.2 Å². The summed E-state index contributed by atoms with van der Waals surface area (Å²) in [6.45, 7) is 5.01. The van der Waals surface area contributed by atoms with Crippen molar-refractivity contribution in [3.8, 4) is 5.75 Å². The second kappa shape index (κ2) is 7.07. The predicted octanol–water partition coefficient (Wildman–Crippen LogP) is 3.65. The molecule has 0 heterocycles. The molecule has 1 unspecified atom stereocenters. The van der Waals surface area contributed by atoms with Crippen LogP contribution in [0, 0.1) is 0 Å². The minimum absolute atomic E-state index is 0.141. The summed E-state index contributed by atoms with van der Waals surface area (Å²) in [5.41, 5.74) is -0.545. The Balaban J connectivity index is 3.07. The number of rotatable bonds is 4. The maximum Gasteiger partial charge on any atom is 0.408 e. The molecule has 0 saturated carbocycles. The van der Waals surface area contributed by atoms with Crippen molar-refractivity contribution in [3.63, 3.8) is 0 Å². The van der Waals surface area contributed by atoms with E-state index < -0.39 is 23.7 Å². The number of amides is 1. The molecule has 0 saturated heterocycles. The number of halogens is 2. The summed E-state index contributed by atoms with van der Waals surface area (Å²) in [5.74, 6) is -1.04. The standard InChI is InChI=1S/C14H17Cl2NO5/c1-14(2,3)22-13(20)17-10(12(18)19)7-5-8(15)11(21-4)9(16)6-7/h5-6,10H,1-4H3,(H,17,20)(H,18,19). The molecule has 0 radical (unpaired) electrons. The molecular formula is C14H17Cl2NO5. The number of carboxylic acids is 1. The third kappa shape index (κ3) is 4.96. The molecule has 8 heteroatoms. The summed E-state index contributed by atoms with van der Waals surface area (Å²) in [4.78, 5) is 23.1. The Morgan fingerprint density at radius 3 is 2.09 bits per heavy atom. The van der Waals surface area contributed by atoms with Crippen molar-refractivity contribution in [3.05, 3.63) is 27.7 Å². The number of carboxylic acid groups (broad SMARTS) is 1. The molecule has 0 aromatic heterocycles. The second-order valence-electron chi connectivity index (χ2n) is 5.44. The number of hydrogen-bond acceptors (Lipinski definition) is 4. The molecule has 1 atom stereocenters. The number of hydrogen-bond donors (Lipinski definition) is 2. The van der Waals surface area contributed by atoms with Gasteiger partial charge in [0, 0.05) is 0 Å². The van der Waals surface area contributed by atoms with E-state index in [0.717, 1.165) is 0 Å². The van der Waals surface area contributed by atoms with Crippen molar-refractivity contribution in [2.45, 2.75) is 32.4 Å². The smallest absolute Gasteiger partial charge is 0.408 e. The first kappa shape index (κ1) is 18.4. The van der Waals surface area contributed by atoms with Crippen molar-refractivity contribution in [1.29, 1.82) is 0 Å². The Morgan fingerprint density at radius 1 is 1.23 bits per heavy atom. The monoisotopic (exact) mass is 349 g/mol. The first-order valence-corrected chi connectivity index (χ1v) is 7.06. The highest BCUT2D eigenvalue weighted by Crippen LogP contribution is 2.35. The zero-order valence-electron chi connectivity index (χ0n) is 12.6. The first-order chi connectivity index (χ1) is 10.0. The van der Waals surface area contributed by atoms with E-state index in [1.165, 1.54) is 19.2 Å². The summed E-state index contributed by atoms with van der Waals surface area (Å²) in [7, 11) is 1.39. The largest absolute Gasteiger partial charge is 0.494 e. The average molecular weight is 350 g/mol.